The molecule has 0 atom stereocenters. The van der Waals surface area contributed by atoms with Gasteiger partial charge in [-0.1, -0.05) is 22.6 Å². The third-order valence-corrected chi connectivity index (χ3v) is 15.7. The number of alkyl halides is 1. The Labute approximate surface area is 72.6 Å². The summed E-state index contributed by atoms with van der Waals surface area (Å²) in [5, 5.41) is 0. The summed E-state index contributed by atoms with van der Waals surface area (Å²) in [7, 11) is 0. The second-order valence-corrected chi connectivity index (χ2v) is 20.5. The predicted octanol–water partition coefficient (Wildman–Crippen LogP) is 2.05. The molecule has 4 heteroatoms. The van der Waals surface area contributed by atoms with Gasteiger partial charge in [-0.3, -0.25) is 0 Å². The van der Waals surface area contributed by atoms with Gasteiger partial charge in [0.25, 0.3) is 0 Å². The topological polar surface area (TPSA) is 0 Å². The summed E-state index contributed by atoms with van der Waals surface area (Å²) in [6.07, 6.45) is 0. The molecule has 0 nitrogen and oxygen atoms in total. The fourth-order valence-electron chi connectivity index (χ4n) is 0. The SMILES string of the molecule is IC[SiH](I)I. The van der Waals surface area contributed by atoms with Crippen LogP contribution in [0.4, 0.5) is 0 Å². The first-order valence-electron chi connectivity index (χ1n) is 1.11. The predicted molar refractivity (Wildman–Crippen MR) is 54.1 cm³/mol. The van der Waals surface area contributed by atoms with Gasteiger partial charge in [0.15, 0.2) is 3.79 Å². The monoisotopic (exact) mass is 424 g/mol. The standard InChI is InChI=1S/CH3I3Si/c2-1-5(3)4/h5H,1H2. The Kier molecular flexibility index (Phi) is 6.76. The lowest BCUT2D eigenvalue weighted by Crippen LogP contribution is -1.87. The summed E-state index contributed by atoms with van der Waals surface area (Å²) in [5.41, 5.74) is 0. The Hall–Kier alpha value is 2.41. The van der Waals surface area contributed by atoms with E-state index < -0.39 is 0 Å². The zero-order valence-corrected chi connectivity index (χ0v) is 10.0. The molecule has 0 heterocycles. The van der Waals surface area contributed by atoms with Crippen molar-refractivity contribution in [2.75, 3.05) is 4.05 Å². The molecule has 0 spiro atoms. The normalized spacial score (nSPS) is 9.60. The van der Waals surface area contributed by atoms with Gasteiger partial charge in [0.05, 0.1) is 0 Å². The van der Waals surface area contributed by atoms with Crippen molar-refractivity contribution in [2.24, 2.45) is 0 Å². The Morgan fingerprint density at radius 1 is 1.40 bits per heavy atom. The van der Waals surface area contributed by atoms with Crippen molar-refractivity contribution >= 4 is 70.0 Å². The van der Waals surface area contributed by atoms with Gasteiger partial charge in [0.1, 0.15) is 0 Å². The van der Waals surface area contributed by atoms with E-state index in [1.54, 1.807) is 0 Å². The van der Waals surface area contributed by atoms with E-state index in [9.17, 15) is 0 Å². The smallest absolute Gasteiger partial charge is 0.108 e. The fraction of sp³-hybridized carbons (Fsp3) is 1.00. The van der Waals surface area contributed by atoms with Crippen LogP contribution in [0.2, 0.25) is 0 Å². The Balaban J connectivity index is 2.54. The van der Waals surface area contributed by atoms with Crippen molar-refractivity contribution < 1.29 is 0 Å². The third kappa shape index (κ3) is 6.41. The zero-order chi connectivity index (χ0) is 4.28. The number of hydrogen-bond acceptors (Lipinski definition) is 0. The Bertz CT molecular complexity index is 20.9. The van der Waals surface area contributed by atoms with Gasteiger partial charge in [0.2, 0.25) is 0 Å². The van der Waals surface area contributed by atoms with Crippen LogP contribution < -0.4 is 0 Å². The van der Waals surface area contributed by atoms with Crippen molar-refractivity contribution in [3.63, 3.8) is 0 Å². The number of halogens is 3. The van der Waals surface area contributed by atoms with Crippen molar-refractivity contribution in [1.82, 2.24) is 0 Å². The average molecular weight is 424 g/mol. The van der Waals surface area contributed by atoms with Gasteiger partial charge in [-0.25, -0.2) is 0 Å². The molecule has 0 aromatic carbocycles. The second kappa shape index (κ2) is 4.56. The number of hydrogen-bond donors (Lipinski definition) is 0. The van der Waals surface area contributed by atoms with Crippen LogP contribution in [-0.4, -0.2) is 7.84 Å². The van der Waals surface area contributed by atoms with E-state index in [4.69, 9.17) is 0 Å². The van der Waals surface area contributed by atoms with Gasteiger partial charge in [-0.2, -0.15) is 0 Å². The molecule has 0 fully saturated rings. The van der Waals surface area contributed by atoms with Crippen LogP contribution in [0.3, 0.4) is 0 Å². The molecular weight excluding hydrogens is 421 g/mol. The molecule has 0 aromatic rings. The van der Waals surface area contributed by atoms with Crippen LogP contribution in [-0.2, 0) is 0 Å². The largest absolute Gasteiger partial charge is 0.186 e. The minimum Gasteiger partial charge on any atom is -0.108 e. The van der Waals surface area contributed by atoms with Crippen LogP contribution in [0.1, 0.15) is 0 Å². The van der Waals surface area contributed by atoms with Gasteiger partial charge in [-0.15, -0.1) is 43.6 Å². The van der Waals surface area contributed by atoms with Crippen LogP contribution in [0.25, 0.3) is 0 Å². The van der Waals surface area contributed by atoms with E-state index >= 15 is 0 Å². The molecule has 0 bridgehead atoms. The quantitative estimate of drug-likeness (QED) is 0.262. The summed E-state index contributed by atoms with van der Waals surface area (Å²) in [4.78, 5) is 0. The minimum absolute atomic E-state index is 0.223. The molecule has 0 aliphatic rings. The molecule has 0 unspecified atom stereocenters. The first-order valence-corrected chi connectivity index (χ1v) is 11.8. The van der Waals surface area contributed by atoms with Crippen molar-refractivity contribution in [1.29, 1.82) is 0 Å². The molecule has 0 rings (SSSR count). The first-order chi connectivity index (χ1) is 2.27. The van der Waals surface area contributed by atoms with Crippen LogP contribution in [0.5, 0.6) is 0 Å². The minimum atomic E-state index is -0.223. The van der Waals surface area contributed by atoms with E-state index in [0.29, 0.717) is 0 Å². The van der Waals surface area contributed by atoms with E-state index in [-0.39, 0.29) is 3.79 Å². The molecule has 5 heavy (non-hydrogen) atoms. The summed E-state index contributed by atoms with van der Waals surface area (Å²) in [5.74, 6) is 0. The second-order valence-electron chi connectivity index (χ2n) is 0.545. The highest BCUT2D eigenvalue weighted by molar-refractivity contribution is 14.3. The maximum Gasteiger partial charge on any atom is 0.186 e. The van der Waals surface area contributed by atoms with Crippen LogP contribution in [0.15, 0.2) is 0 Å². The van der Waals surface area contributed by atoms with E-state index in [1.807, 2.05) is 0 Å². The van der Waals surface area contributed by atoms with E-state index in [2.05, 4.69) is 66.2 Å². The van der Waals surface area contributed by atoms with Gasteiger partial charge in [-0.05, 0) is 0 Å². The molecule has 0 saturated carbocycles. The third-order valence-electron chi connectivity index (χ3n) is 0.117. The lowest BCUT2D eigenvalue weighted by molar-refractivity contribution is 2.36. The maximum atomic E-state index is 2.52. The van der Waals surface area contributed by atoms with Gasteiger partial charge >= 0.3 is 0 Å². The maximum absolute atomic E-state index is 2.52. The highest BCUT2D eigenvalue weighted by Crippen LogP contribution is 2.05. The van der Waals surface area contributed by atoms with E-state index in [1.165, 1.54) is 4.05 Å². The highest BCUT2D eigenvalue weighted by Gasteiger charge is 1.90. The molecule has 0 N–H and O–H groups in total. The number of rotatable bonds is 1. The molecule has 0 aromatic heterocycles. The van der Waals surface area contributed by atoms with Crippen molar-refractivity contribution in [2.45, 2.75) is 0 Å². The fourth-order valence-corrected chi connectivity index (χ4v) is 0. The van der Waals surface area contributed by atoms with E-state index in [0.717, 1.165) is 0 Å². The molecule has 0 saturated heterocycles. The lowest BCUT2D eigenvalue weighted by atomic mass is 11.9. The molecule has 0 aliphatic carbocycles. The van der Waals surface area contributed by atoms with Crippen molar-refractivity contribution in [3.05, 3.63) is 0 Å². The van der Waals surface area contributed by atoms with Crippen LogP contribution in [0, 0.1) is 0 Å². The summed E-state index contributed by atoms with van der Waals surface area (Å²) < 4.78 is 1.16. The first kappa shape index (κ1) is 7.41. The average Bonchev–Trinajstić information content (AvgIpc) is 1.38. The van der Waals surface area contributed by atoms with Gasteiger partial charge in [0, 0.05) is 4.05 Å². The highest BCUT2D eigenvalue weighted by atomic mass is 127. The zero-order valence-electron chi connectivity index (χ0n) is 2.42. The molecule has 0 amide bonds. The molecule has 0 radical (unpaired) electrons. The molecule has 32 valence electrons. The summed E-state index contributed by atoms with van der Waals surface area (Å²) in [6.45, 7) is 0. The van der Waals surface area contributed by atoms with Crippen molar-refractivity contribution in [3.8, 4) is 0 Å². The van der Waals surface area contributed by atoms with Gasteiger partial charge < -0.3 is 0 Å². The lowest BCUT2D eigenvalue weighted by Gasteiger charge is -1.80. The van der Waals surface area contributed by atoms with Crippen LogP contribution >= 0.6 is 66.2 Å². The summed E-state index contributed by atoms with van der Waals surface area (Å²) in [6, 6.07) is 0. The molecular formula is CH3I3Si. The molecule has 0 aliphatic heterocycles. The Morgan fingerprint density at radius 3 is 1.60 bits per heavy atom. The Morgan fingerprint density at radius 2 is 1.60 bits per heavy atom. The summed E-state index contributed by atoms with van der Waals surface area (Å²) >= 11 is 7.47.